The second-order valence-electron chi connectivity index (χ2n) is 4.73. The number of carbonyl (C=O) groups excluding carboxylic acids is 2. The number of carbonyl (C=O) groups is 2. The Labute approximate surface area is 122 Å². The second-order valence-corrected chi connectivity index (χ2v) is 4.73. The van der Waals surface area contributed by atoms with E-state index in [0.29, 0.717) is 5.56 Å². The van der Waals surface area contributed by atoms with Crippen LogP contribution in [0.5, 0.6) is 0 Å². The lowest BCUT2D eigenvalue weighted by atomic mass is 10.0. The quantitative estimate of drug-likeness (QED) is 0.858. The van der Waals surface area contributed by atoms with Crippen molar-refractivity contribution in [2.45, 2.75) is 19.4 Å². The van der Waals surface area contributed by atoms with Gasteiger partial charge in [-0.2, -0.15) is 0 Å². The number of esters is 1. The van der Waals surface area contributed by atoms with Crippen molar-refractivity contribution in [1.29, 1.82) is 0 Å². The molecule has 0 unspecified atom stereocenters. The minimum Gasteiger partial charge on any atom is -0.472 e. The Morgan fingerprint density at radius 1 is 1.24 bits per heavy atom. The van der Waals surface area contributed by atoms with Gasteiger partial charge in [-0.05, 0) is 18.6 Å². The molecule has 0 fully saturated rings. The molecule has 2 rings (SSSR count). The van der Waals surface area contributed by atoms with E-state index in [1.54, 1.807) is 6.07 Å². The zero-order chi connectivity index (χ0) is 15.2. The first-order valence-electron chi connectivity index (χ1n) is 6.56. The maximum absolute atomic E-state index is 12.1. The highest BCUT2D eigenvalue weighted by Crippen LogP contribution is 2.19. The van der Waals surface area contributed by atoms with Gasteiger partial charge in [-0.25, -0.2) is 0 Å². The van der Waals surface area contributed by atoms with Gasteiger partial charge in [0.1, 0.15) is 6.26 Å². The number of aryl methyl sites for hydroxylation is 1. The van der Waals surface area contributed by atoms with Crippen LogP contribution in [0.3, 0.4) is 0 Å². The molecule has 5 nitrogen and oxygen atoms in total. The van der Waals surface area contributed by atoms with Crippen LogP contribution in [0.2, 0.25) is 0 Å². The number of amides is 1. The van der Waals surface area contributed by atoms with Crippen molar-refractivity contribution in [3.05, 3.63) is 59.5 Å². The molecule has 1 aromatic carbocycles. The maximum Gasteiger partial charge on any atom is 0.307 e. The largest absolute Gasteiger partial charge is 0.472 e. The van der Waals surface area contributed by atoms with Gasteiger partial charge in [0.2, 0.25) is 0 Å². The number of benzene rings is 1. The summed E-state index contributed by atoms with van der Waals surface area (Å²) in [5, 5.41) is 2.82. The van der Waals surface area contributed by atoms with Gasteiger partial charge in [0, 0.05) is 0 Å². The Balaban J connectivity index is 2.17. The summed E-state index contributed by atoms with van der Waals surface area (Å²) in [5.41, 5.74) is 2.37. The maximum atomic E-state index is 12.1. The molecular weight excluding hydrogens is 270 g/mol. The van der Waals surface area contributed by atoms with E-state index >= 15 is 0 Å². The molecule has 5 heteroatoms. The highest BCUT2D eigenvalue weighted by atomic mass is 16.5. The van der Waals surface area contributed by atoms with Crippen molar-refractivity contribution >= 4 is 11.9 Å². The fourth-order valence-corrected chi connectivity index (χ4v) is 1.94. The smallest absolute Gasteiger partial charge is 0.307 e. The molecule has 2 aromatic rings. The fourth-order valence-electron chi connectivity index (χ4n) is 1.94. The lowest BCUT2D eigenvalue weighted by molar-refractivity contribution is -0.141. The summed E-state index contributed by atoms with van der Waals surface area (Å²) in [6.45, 7) is 1.98. The molecular formula is C16H17NO4. The van der Waals surface area contributed by atoms with Crippen LogP contribution in [0.15, 0.2) is 47.3 Å². The fraction of sp³-hybridized carbons (Fsp3) is 0.250. The molecule has 0 aliphatic carbocycles. The number of hydrogen-bond acceptors (Lipinski definition) is 4. The third kappa shape index (κ3) is 3.95. The molecule has 21 heavy (non-hydrogen) atoms. The zero-order valence-electron chi connectivity index (χ0n) is 12.0. The molecule has 0 aliphatic heterocycles. The van der Waals surface area contributed by atoms with E-state index in [1.807, 2.05) is 31.2 Å². The van der Waals surface area contributed by atoms with Crippen LogP contribution in [0.4, 0.5) is 0 Å². The van der Waals surface area contributed by atoms with Crippen LogP contribution in [-0.4, -0.2) is 19.0 Å². The summed E-state index contributed by atoms with van der Waals surface area (Å²) in [6, 6.07) is 8.77. The van der Waals surface area contributed by atoms with Gasteiger partial charge < -0.3 is 14.5 Å². The Hall–Kier alpha value is -2.56. The van der Waals surface area contributed by atoms with E-state index in [0.717, 1.165) is 11.1 Å². The monoisotopic (exact) mass is 287 g/mol. The molecule has 1 amide bonds. The van der Waals surface area contributed by atoms with Gasteiger partial charge in [-0.3, -0.25) is 9.59 Å². The van der Waals surface area contributed by atoms with Gasteiger partial charge in [0.05, 0.1) is 31.4 Å². The number of hydrogen-bond donors (Lipinski definition) is 1. The van der Waals surface area contributed by atoms with Crippen LogP contribution in [0, 0.1) is 6.92 Å². The van der Waals surface area contributed by atoms with Crippen LogP contribution in [0.25, 0.3) is 0 Å². The highest BCUT2D eigenvalue weighted by molar-refractivity contribution is 5.94. The normalized spacial score (nSPS) is 11.7. The molecule has 0 saturated carbocycles. The summed E-state index contributed by atoms with van der Waals surface area (Å²) in [4.78, 5) is 23.6. The van der Waals surface area contributed by atoms with Crippen LogP contribution >= 0.6 is 0 Å². The van der Waals surface area contributed by atoms with Gasteiger partial charge in [-0.1, -0.05) is 29.8 Å². The first-order valence-corrected chi connectivity index (χ1v) is 6.56. The molecule has 0 spiro atoms. The van der Waals surface area contributed by atoms with E-state index in [2.05, 4.69) is 10.1 Å². The SMILES string of the molecule is COC(=O)C[C@H](NC(=O)c1ccoc1)c1ccc(C)cc1. The predicted octanol–water partition coefficient (Wildman–Crippen LogP) is 2.62. The molecule has 1 heterocycles. The van der Waals surface area contributed by atoms with Crippen molar-refractivity contribution in [2.75, 3.05) is 7.11 Å². The second kappa shape index (κ2) is 6.74. The van der Waals surface area contributed by atoms with Gasteiger partial charge in [0.25, 0.3) is 5.91 Å². The van der Waals surface area contributed by atoms with Gasteiger partial charge in [-0.15, -0.1) is 0 Å². The summed E-state index contributed by atoms with van der Waals surface area (Å²) < 4.78 is 9.58. The van der Waals surface area contributed by atoms with Gasteiger partial charge in [0.15, 0.2) is 0 Å². The number of furan rings is 1. The van der Waals surface area contributed by atoms with Crippen LogP contribution in [0.1, 0.15) is 33.9 Å². The number of ether oxygens (including phenoxy) is 1. The molecule has 0 radical (unpaired) electrons. The predicted molar refractivity (Wildman–Crippen MR) is 76.7 cm³/mol. The summed E-state index contributed by atoms with van der Waals surface area (Å²) >= 11 is 0. The van der Waals surface area contributed by atoms with Crippen molar-refractivity contribution < 1.29 is 18.7 Å². The summed E-state index contributed by atoms with van der Waals surface area (Å²) in [7, 11) is 1.33. The molecule has 1 aromatic heterocycles. The highest BCUT2D eigenvalue weighted by Gasteiger charge is 2.20. The number of rotatable bonds is 5. The average molecular weight is 287 g/mol. The van der Waals surface area contributed by atoms with Crippen LogP contribution in [-0.2, 0) is 9.53 Å². The minimum absolute atomic E-state index is 0.0726. The molecule has 1 atom stereocenters. The number of nitrogens with one attached hydrogen (secondary N) is 1. The molecule has 110 valence electrons. The van der Waals surface area contributed by atoms with Crippen molar-refractivity contribution in [1.82, 2.24) is 5.32 Å². The standard InChI is InChI=1S/C16H17NO4/c1-11-3-5-12(6-4-11)14(9-15(18)20-2)17-16(19)13-7-8-21-10-13/h3-8,10,14H,9H2,1-2H3,(H,17,19)/t14-/m0/s1. The molecule has 0 aliphatic rings. The van der Waals surface area contributed by atoms with Crippen molar-refractivity contribution in [2.24, 2.45) is 0 Å². The van der Waals surface area contributed by atoms with E-state index in [1.165, 1.54) is 19.6 Å². The van der Waals surface area contributed by atoms with E-state index < -0.39 is 6.04 Å². The Morgan fingerprint density at radius 2 is 1.95 bits per heavy atom. The van der Waals surface area contributed by atoms with E-state index in [4.69, 9.17) is 4.42 Å². The zero-order valence-corrected chi connectivity index (χ0v) is 12.0. The van der Waals surface area contributed by atoms with E-state index in [-0.39, 0.29) is 18.3 Å². The van der Waals surface area contributed by atoms with Gasteiger partial charge >= 0.3 is 5.97 Å². The molecule has 1 N–H and O–H groups in total. The van der Waals surface area contributed by atoms with Crippen molar-refractivity contribution in [3.8, 4) is 0 Å². The average Bonchev–Trinajstić information content (AvgIpc) is 3.01. The third-order valence-corrected chi connectivity index (χ3v) is 3.17. The molecule has 0 bridgehead atoms. The topological polar surface area (TPSA) is 68.5 Å². The lowest BCUT2D eigenvalue weighted by Gasteiger charge is -2.18. The first kappa shape index (κ1) is 14.8. The Kier molecular flexibility index (Phi) is 4.77. The summed E-state index contributed by atoms with van der Waals surface area (Å²) in [5.74, 6) is -0.675. The Morgan fingerprint density at radius 3 is 2.52 bits per heavy atom. The van der Waals surface area contributed by atoms with E-state index in [9.17, 15) is 9.59 Å². The van der Waals surface area contributed by atoms with Crippen LogP contribution < -0.4 is 5.32 Å². The minimum atomic E-state index is -0.444. The summed E-state index contributed by atoms with van der Waals surface area (Å²) in [6.07, 6.45) is 2.86. The first-order chi connectivity index (χ1) is 10.1. The van der Waals surface area contributed by atoms with Crippen molar-refractivity contribution in [3.63, 3.8) is 0 Å². The third-order valence-electron chi connectivity index (χ3n) is 3.17. The Bertz CT molecular complexity index is 602. The number of methoxy groups -OCH3 is 1. The lowest BCUT2D eigenvalue weighted by Crippen LogP contribution is -2.30. The molecule has 0 saturated heterocycles.